The highest BCUT2D eigenvalue weighted by Crippen LogP contribution is 2.41. The minimum Gasteiger partial charge on any atom is -0.465 e. The summed E-state index contributed by atoms with van der Waals surface area (Å²) in [5, 5.41) is 10.8. The number of anilines is 1. The van der Waals surface area contributed by atoms with Gasteiger partial charge in [-0.15, -0.1) is 11.3 Å². The lowest BCUT2D eigenvalue weighted by atomic mass is 9.95. The number of methoxy groups -OCH3 is 1. The van der Waals surface area contributed by atoms with Gasteiger partial charge in [0.25, 0.3) is 0 Å². The lowest BCUT2D eigenvalue weighted by molar-refractivity contribution is 0.0601. The molecular weight excluding hydrogens is 515 g/mol. The number of carbonyl (C=O) groups is 1. The molecule has 3 aromatic heterocycles. The highest BCUT2D eigenvalue weighted by atomic mass is 35.5. The van der Waals surface area contributed by atoms with Crippen molar-refractivity contribution in [3.8, 4) is 22.4 Å². The van der Waals surface area contributed by atoms with Crippen LogP contribution < -0.4 is 10.9 Å². The number of imidazole rings is 1. The van der Waals surface area contributed by atoms with E-state index >= 15 is 0 Å². The van der Waals surface area contributed by atoms with Crippen LogP contribution in [0, 0.1) is 17.1 Å². The summed E-state index contributed by atoms with van der Waals surface area (Å²) in [6, 6.07) is 9.15. The highest BCUT2D eigenvalue weighted by molar-refractivity contribution is 7.12. The third kappa shape index (κ3) is 5.13. The Morgan fingerprint density at radius 2 is 2.14 bits per heavy atom. The molecule has 1 aliphatic rings. The molecule has 1 fully saturated rings. The Bertz CT molecular complexity index is 1450. The molecule has 1 saturated carbocycles. The molecule has 1 aliphatic carbocycles. The molecule has 0 radical (unpaired) electrons. The fourth-order valence-corrected chi connectivity index (χ4v) is 5.30. The monoisotopic (exact) mass is 538 g/mol. The molecule has 0 bridgehead atoms. The molecule has 0 spiro atoms. The van der Waals surface area contributed by atoms with E-state index in [-0.39, 0.29) is 16.4 Å². The van der Waals surface area contributed by atoms with E-state index in [1.54, 1.807) is 36.0 Å². The zero-order chi connectivity index (χ0) is 26.1. The van der Waals surface area contributed by atoms with E-state index in [4.69, 9.17) is 27.8 Å². The van der Waals surface area contributed by atoms with Crippen molar-refractivity contribution in [2.24, 2.45) is 11.8 Å². The van der Waals surface area contributed by atoms with E-state index in [9.17, 15) is 9.18 Å². The van der Waals surface area contributed by atoms with Crippen molar-refractivity contribution in [3.63, 3.8) is 0 Å². The summed E-state index contributed by atoms with van der Waals surface area (Å²) in [4.78, 5) is 24.3. The Morgan fingerprint density at radius 3 is 2.81 bits per heavy atom. The number of hydrogen-bond donors (Lipinski definition) is 3. The van der Waals surface area contributed by atoms with Crippen LogP contribution in [0.5, 0.6) is 0 Å². The number of ether oxygens (including phenoxy) is 1. The molecule has 5 rings (SSSR count). The zero-order valence-corrected chi connectivity index (χ0v) is 21.4. The Kier molecular flexibility index (Phi) is 7.05. The normalized spacial score (nSPS) is 13.8. The number of pyridine rings is 1. The molecule has 4 N–H and O–H groups in total. The first kappa shape index (κ1) is 25.1. The van der Waals surface area contributed by atoms with Gasteiger partial charge in [-0.1, -0.05) is 30.5 Å². The molecule has 1 aromatic carbocycles. The number of nitrogens with one attached hydrogen (secondary N) is 2. The highest BCUT2D eigenvalue weighted by Gasteiger charge is 2.30. The topological polar surface area (TPSA) is 121 Å². The van der Waals surface area contributed by atoms with Gasteiger partial charge in [-0.3, -0.25) is 15.4 Å². The van der Waals surface area contributed by atoms with Crippen molar-refractivity contribution < 1.29 is 13.9 Å². The Morgan fingerprint density at radius 1 is 1.32 bits per heavy atom. The molecule has 8 nitrogen and oxygen atoms in total. The number of carbonyl (C=O) groups excluding carboxylic acids is 1. The molecule has 0 aliphatic heterocycles. The van der Waals surface area contributed by atoms with Crippen LogP contribution in [0.3, 0.4) is 0 Å². The fraction of sp³-hybridized carbons (Fsp3) is 0.231. The Labute approximate surface area is 221 Å². The third-order valence-corrected chi connectivity index (χ3v) is 7.58. The summed E-state index contributed by atoms with van der Waals surface area (Å²) in [5.41, 5.74) is 3.80. The summed E-state index contributed by atoms with van der Waals surface area (Å²) >= 11 is 7.23. The number of halogens is 2. The number of benzene rings is 1. The average molecular weight is 539 g/mol. The van der Waals surface area contributed by atoms with Crippen molar-refractivity contribution in [2.45, 2.75) is 25.2 Å². The van der Waals surface area contributed by atoms with E-state index in [1.165, 1.54) is 12.1 Å². The third-order valence-electron chi connectivity index (χ3n) is 6.41. The van der Waals surface area contributed by atoms with Gasteiger partial charge in [0, 0.05) is 33.3 Å². The van der Waals surface area contributed by atoms with Crippen LogP contribution in [0.2, 0.25) is 5.02 Å². The molecule has 0 amide bonds. The van der Waals surface area contributed by atoms with Crippen molar-refractivity contribution in [1.29, 1.82) is 5.41 Å². The number of rotatable bonds is 9. The largest absolute Gasteiger partial charge is 0.465 e. The molecule has 4 aromatic rings. The van der Waals surface area contributed by atoms with Gasteiger partial charge >= 0.3 is 5.97 Å². The summed E-state index contributed by atoms with van der Waals surface area (Å²) in [6.45, 7) is 0. The second-order valence-electron chi connectivity index (χ2n) is 8.87. The summed E-state index contributed by atoms with van der Waals surface area (Å²) in [6.07, 6.45) is 7.55. The summed E-state index contributed by atoms with van der Waals surface area (Å²) < 4.78 is 19.5. The number of hydrazine groups is 1. The molecule has 11 heteroatoms. The molecule has 0 unspecified atom stereocenters. The van der Waals surface area contributed by atoms with Crippen LogP contribution in [0.15, 0.2) is 48.1 Å². The van der Waals surface area contributed by atoms with Crippen LogP contribution in [-0.2, 0) is 4.74 Å². The van der Waals surface area contributed by atoms with E-state index in [2.05, 4.69) is 14.7 Å². The first-order chi connectivity index (χ1) is 17.9. The predicted molar refractivity (Wildman–Crippen MR) is 143 cm³/mol. The lowest BCUT2D eigenvalue weighted by Crippen LogP contribution is -2.28. The molecule has 0 saturated heterocycles. The number of nitrogens with zero attached hydrogens (tertiary/aromatic N) is 3. The van der Waals surface area contributed by atoms with Gasteiger partial charge in [0.15, 0.2) is 5.82 Å². The van der Waals surface area contributed by atoms with E-state index in [0.717, 1.165) is 53.8 Å². The van der Waals surface area contributed by atoms with Crippen molar-refractivity contribution >= 4 is 40.9 Å². The number of H-pyrrole nitrogens is 1. The van der Waals surface area contributed by atoms with E-state index < -0.39 is 11.8 Å². The number of aromatic nitrogens is 3. The minimum atomic E-state index is -0.703. The quantitative estimate of drug-likeness (QED) is 0.0790. The average Bonchev–Trinajstić information content (AvgIpc) is 3.47. The van der Waals surface area contributed by atoms with Crippen LogP contribution in [0.25, 0.3) is 22.4 Å². The number of aromatic amines is 1. The van der Waals surface area contributed by atoms with E-state index in [1.807, 2.05) is 12.1 Å². The molecule has 37 heavy (non-hydrogen) atoms. The number of thiophene rings is 1. The fourth-order valence-electron chi connectivity index (χ4n) is 4.27. The van der Waals surface area contributed by atoms with E-state index in [0.29, 0.717) is 28.1 Å². The van der Waals surface area contributed by atoms with Crippen LogP contribution in [0.4, 0.5) is 10.1 Å². The van der Waals surface area contributed by atoms with Gasteiger partial charge in [0.2, 0.25) is 0 Å². The van der Waals surface area contributed by atoms with Gasteiger partial charge in [-0.2, -0.15) is 0 Å². The molecular formula is C26H24ClFN6O2S. The van der Waals surface area contributed by atoms with Crippen molar-refractivity contribution in [2.75, 3.05) is 12.1 Å². The Balaban J connectivity index is 1.46. The number of nitrogens with two attached hydrogens (primary N) is 1. The second-order valence-corrected chi connectivity index (χ2v) is 10.2. The predicted octanol–water partition coefficient (Wildman–Crippen LogP) is 6.00. The van der Waals surface area contributed by atoms with Crippen molar-refractivity contribution in [3.05, 3.63) is 75.3 Å². The first-order valence-corrected chi connectivity index (χ1v) is 12.9. The van der Waals surface area contributed by atoms with Crippen molar-refractivity contribution in [1.82, 2.24) is 15.0 Å². The van der Waals surface area contributed by atoms with Crippen LogP contribution in [0.1, 0.15) is 46.4 Å². The number of esters is 1. The standard InChI is InChI=1S/C26H24ClFN6O2S/c1-36-26(35)24-23(28)19(12-37-24)21-11-32-25(33-21)18(8-14-2-3-14)20-6-4-15(10-31-20)17-9-16(27)5-7-22(17)34(30)13-29/h4-7,9-14,18,29H,2-3,8,30H2,1H3,(H,32,33)/t18-/m0/s1. The Hall–Kier alpha value is -3.60. The molecule has 1 atom stereocenters. The zero-order valence-electron chi connectivity index (χ0n) is 19.9. The summed E-state index contributed by atoms with van der Waals surface area (Å²) in [5.74, 6) is 5.79. The van der Waals surface area contributed by atoms with Gasteiger partial charge in [0.1, 0.15) is 17.0 Å². The molecule has 3 heterocycles. The SMILES string of the molecule is COC(=O)c1scc(-c2cnc([C@@H](CC3CC3)c3ccc(-c4cc(Cl)ccc4N(N)C=N)cn3)[nH]2)c1F. The van der Waals surface area contributed by atoms with Crippen LogP contribution in [-0.4, -0.2) is 34.4 Å². The maximum atomic E-state index is 14.9. The first-order valence-electron chi connectivity index (χ1n) is 11.6. The minimum absolute atomic E-state index is 0.0696. The van der Waals surface area contributed by atoms with Gasteiger partial charge in [0.05, 0.1) is 36.3 Å². The smallest absolute Gasteiger partial charge is 0.351 e. The van der Waals surface area contributed by atoms with Gasteiger partial charge < -0.3 is 9.72 Å². The summed E-state index contributed by atoms with van der Waals surface area (Å²) in [7, 11) is 1.23. The second kappa shape index (κ2) is 10.4. The lowest BCUT2D eigenvalue weighted by Gasteiger charge is -2.18. The maximum absolute atomic E-state index is 14.9. The maximum Gasteiger partial charge on any atom is 0.351 e. The number of hydrogen-bond acceptors (Lipinski definition) is 7. The van der Waals surface area contributed by atoms with Crippen LogP contribution >= 0.6 is 22.9 Å². The molecule has 190 valence electrons. The van der Waals surface area contributed by atoms with Gasteiger partial charge in [-0.25, -0.2) is 20.0 Å². The van der Waals surface area contributed by atoms with Gasteiger partial charge in [-0.05, 0) is 36.6 Å².